The van der Waals surface area contributed by atoms with Crippen LogP contribution in [0.1, 0.15) is 27.9 Å². The minimum absolute atomic E-state index is 0.259. The fourth-order valence-corrected chi connectivity index (χ4v) is 2.01. The van der Waals surface area contributed by atoms with Gasteiger partial charge in [-0.1, -0.05) is 66.7 Å². The standard InChI is InChI=1S/C19H19NO3/c21-14-18-12-5-4-10-17(18)11-6-7-13-20-19(22)23-15-16-8-2-1-3-9-16/h1-6,8-12,14H,7,13,15H2,(H,20,22). The van der Waals surface area contributed by atoms with Gasteiger partial charge in [0.2, 0.25) is 0 Å². The van der Waals surface area contributed by atoms with E-state index >= 15 is 0 Å². The summed E-state index contributed by atoms with van der Waals surface area (Å²) in [6, 6.07) is 16.9. The third kappa shape index (κ3) is 5.79. The second-order valence-electron chi connectivity index (χ2n) is 4.93. The van der Waals surface area contributed by atoms with Crippen LogP contribution in [0.25, 0.3) is 6.08 Å². The number of carbonyl (C=O) groups is 2. The van der Waals surface area contributed by atoms with Crippen LogP contribution < -0.4 is 5.32 Å². The zero-order valence-electron chi connectivity index (χ0n) is 12.8. The van der Waals surface area contributed by atoms with E-state index in [2.05, 4.69) is 5.32 Å². The number of rotatable bonds is 7. The molecule has 0 aliphatic rings. The van der Waals surface area contributed by atoms with Crippen LogP contribution in [-0.2, 0) is 11.3 Å². The zero-order chi connectivity index (χ0) is 16.3. The van der Waals surface area contributed by atoms with Gasteiger partial charge in [0.05, 0.1) is 0 Å². The van der Waals surface area contributed by atoms with Gasteiger partial charge in [0.25, 0.3) is 0 Å². The molecule has 4 heteroatoms. The second-order valence-corrected chi connectivity index (χ2v) is 4.93. The Bertz CT molecular complexity index is 665. The minimum Gasteiger partial charge on any atom is -0.445 e. The van der Waals surface area contributed by atoms with Crippen molar-refractivity contribution in [3.63, 3.8) is 0 Å². The summed E-state index contributed by atoms with van der Waals surface area (Å²) in [7, 11) is 0. The Morgan fingerprint density at radius 3 is 2.43 bits per heavy atom. The number of amides is 1. The van der Waals surface area contributed by atoms with Crippen LogP contribution >= 0.6 is 0 Å². The third-order valence-electron chi connectivity index (χ3n) is 3.21. The molecule has 4 nitrogen and oxygen atoms in total. The molecule has 118 valence electrons. The quantitative estimate of drug-likeness (QED) is 0.624. The van der Waals surface area contributed by atoms with Crippen molar-refractivity contribution in [1.82, 2.24) is 5.32 Å². The lowest BCUT2D eigenvalue weighted by Crippen LogP contribution is -2.24. The second kappa shape index (κ2) is 9.20. The van der Waals surface area contributed by atoms with E-state index in [9.17, 15) is 9.59 Å². The molecule has 0 spiro atoms. The first kappa shape index (κ1) is 16.5. The SMILES string of the molecule is O=Cc1ccccc1C=CCCNC(=O)OCc1ccccc1. The van der Waals surface area contributed by atoms with Crippen molar-refractivity contribution in [1.29, 1.82) is 0 Å². The highest BCUT2D eigenvalue weighted by molar-refractivity contribution is 5.81. The first-order valence-electron chi connectivity index (χ1n) is 7.45. The van der Waals surface area contributed by atoms with Crippen LogP contribution in [0.2, 0.25) is 0 Å². The average molecular weight is 309 g/mol. The van der Waals surface area contributed by atoms with Crippen molar-refractivity contribution in [2.24, 2.45) is 0 Å². The van der Waals surface area contributed by atoms with Gasteiger partial charge in [-0.3, -0.25) is 4.79 Å². The molecule has 0 radical (unpaired) electrons. The van der Waals surface area contributed by atoms with Gasteiger partial charge in [-0.05, 0) is 17.5 Å². The molecule has 0 aliphatic heterocycles. The van der Waals surface area contributed by atoms with Gasteiger partial charge in [0.1, 0.15) is 6.61 Å². The number of ether oxygens (including phenoxy) is 1. The molecule has 0 aliphatic carbocycles. The lowest BCUT2D eigenvalue weighted by molar-refractivity contribution is 0.112. The summed E-state index contributed by atoms with van der Waals surface area (Å²) >= 11 is 0. The van der Waals surface area contributed by atoms with E-state index < -0.39 is 6.09 Å². The van der Waals surface area contributed by atoms with Crippen LogP contribution in [0.5, 0.6) is 0 Å². The number of benzene rings is 2. The van der Waals surface area contributed by atoms with Gasteiger partial charge in [0, 0.05) is 12.1 Å². The fourth-order valence-electron chi connectivity index (χ4n) is 2.01. The van der Waals surface area contributed by atoms with E-state index in [0.29, 0.717) is 18.5 Å². The summed E-state index contributed by atoms with van der Waals surface area (Å²) in [5.41, 5.74) is 2.47. The molecule has 2 aromatic rings. The maximum atomic E-state index is 11.5. The van der Waals surface area contributed by atoms with Crippen LogP contribution in [-0.4, -0.2) is 18.9 Å². The summed E-state index contributed by atoms with van der Waals surface area (Å²) in [5.74, 6) is 0. The largest absolute Gasteiger partial charge is 0.445 e. The first-order chi connectivity index (χ1) is 11.3. The Morgan fingerprint density at radius 1 is 1.00 bits per heavy atom. The Labute approximate surface area is 135 Å². The van der Waals surface area contributed by atoms with E-state index in [1.807, 2.05) is 60.7 Å². The van der Waals surface area contributed by atoms with E-state index in [1.165, 1.54) is 0 Å². The highest BCUT2D eigenvalue weighted by Gasteiger charge is 2.01. The smallest absolute Gasteiger partial charge is 0.407 e. The van der Waals surface area contributed by atoms with Crippen molar-refractivity contribution in [2.75, 3.05) is 6.54 Å². The lowest BCUT2D eigenvalue weighted by Gasteiger charge is -2.06. The molecule has 1 N–H and O–H groups in total. The van der Waals surface area contributed by atoms with E-state index in [-0.39, 0.29) is 6.61 Å². The molecule has 2 rings (SSSR count). The Hall–Kier alpha value is -2.88. The van der Waals surface area contributed by atoms with Crippen molar-refractivity contribution in [3.8, 4) is 0 Å². The van der Waals surface area contributed by atoms with E-state index in [1.54, 1.807) is 6.07 Å². The molecular weight excluding hydrogens is 290 g/mol. The van der Waals surface area contributed by atoms with Gasteiger partial charge in [-0.15, -0.1) is 0 Å². The predicted octanol–water partition coefficient (Wildman–Crippen LogP) is 3.83. The molecule has 1 amide bonds. The molecule has 0 heterocycles. The summed E-state index contributed by atoms with van der Waals surface area (Å²) in [6.07, 6.45) is 4.85. The molecule has 0 saturated heterocycles. The van der Waals surface area contributed by atoms with Gasteiger partial charge in [-0.25, -0.2) is 4.79 Å². The topological polar surface area (TPSA) is 55.4 Å². The number of alkyl carbamates (subject to hydrolysis) is 1. The normalized spacial score (nSPS) is 10.4. The molecule has 23 heavy (non-hydrogen) atoms. The molecule has 0 atom stereocenters. The summed E-state index contributed by atoms with van der Waals surface area (Å²) in [5, 5.41) is 2.69. The van der Waals surface area contributed by atoms with Crippen molar-refractivity contribution >= 4 is 18.5 Å². The summed E-state index contributed by atoms with van der Waals surface area (Å²) in [4.78, 5) is 22.4. The average Bonchev–Trinajstić information content (AvgIpc) is 2.61. The van der Waals surface area contributed by atoms with Gasteiger partial charge in [-0.2, -0.15) is 0 Å². The molecule has 0 fully saturated rings. The number of hydrogen-bond donors (Lipinski definition) is 1. The highest BCUT2D eigenvalue weighted by atomic mass is 16.5. The molecule has 0 aromatic heterocycles. The maximum absolute atomic E-state index is 11.5. The third-order valence-corrected chi connectivity index (χ3v) is 3.21. The molecular formula is C19H19NO3. The number of aldehydes is 1. The van der Waals surface area contributed by atoms with Gasteiger partial charge < -0.3 is 10.1 Å². The monoisotopic (exact) mass is 309 g/mol. The van der Waals surface area contributed by atoms with Crippen LogP contribution in [0, 0.1) is 0 Å². The van der Waals surface area contributed by atoms with E-state index in [4.69, 9.17) is 4.74 Å². The minimum atomic E-state index is -0.435. The zero-order valence-corrected chi connectivity index (χ0v) is 12.8. The van der Waals surface area contributed by atoms with Crippen LogP contribution in [0.15, 0.2) is 60.7 Å². The summed E-state index contributed by atoms with van der Waals surface area (Å²) in [6.45, 7) is 0.739. The molecule has 0 saturated carbocycles. The van der Waals surface area contributed by atoms with Crippen LogP contribution in [0.4, 0.5) is 4.79 Å². The maximum Gasteiger partial charge on any atom is 0.407 e. The Morgan fingerprint density at radius 2 is 1.70 bits per heavy atom. The fraction of sp³-hybridized carbons (Fsp3) is 0.158. The predicted molar refractivity (Wildman–Crippen MR) is 90.1 cm³/mol. The van der Waals surface area contributed by atoms with Crippen molar-refractivity contribution in [3.05, 3.63) is 77.4 Å². The van der Waals surface area contributed by atoms with Crippen molar-refractivity contribution in [2.45, 2.75) is 13.0 Å². The first-order valence-corrected chi connectivity index (χ1v) is 7.45. The van der Waals surface area contributed by atoms with Crippen molar-refractivity contribution < 1.29 is 14.3 Å². The van der Waals surface area contributed by atoms with Gasteiger partial charge >= 0.3 is 6.09 Å². The Kier molecular flexibility index (Phi) is 6.60. The molecule has 0 unspecified atom stereocenters. The number of hydrogen-bond acceptors (Lipinski definition) is 3. The molecule has 0 bridgehead atoms. The number of carbonyl (C=O) groups excluding carboxylic acids is 2. The molecule has 2 aromatic carbocycles. The van der Waals surface area contributed by atoms with Crippen LogP contribution in [0.3, 0.4) is 0 Å². The van der Waals surface area contributed by atoms with Gasteiger partial charge in [0.15, 0.2) is 6.29 Å². The van der Waals surface area contributed by atoms with E-state index in [0.717, 1.165) is 17.4 Å². The summed E-state index contributed by atoms with van der Waals surface area (Å²) < 4.78 is 5.11. The lowest BCUT2D eigenvalue weighted by atomic mass is 10.1. The Balaban J connectivity index is 1.67. The highest BCUT2D eigenvalue weighted by Crippen LogP contribution is 2.08. The number of nitrogens with one attached hydrogen (secondary N) is 1.